The van der Waals surface area contributed by atoms with E-state index in [1.807, 2.05) is 13.0 Å². The molecule has 0 amide bonds. The molecule has 0 bridgehead atoms. The Morgan fingerprint density at radius 1 is 0.826 bits per heavy atom. The Kier molecular flexibility index (Phi) is 4.79. The van der Waals surface area contributed by atoms with Crippen LogP contribution in [-0.4, -0.2) is 23.1 Å². The Bertz CT molecular complexity index is 653. The van der Waals surface area contributed by atoms with Gasteiger partial charge in [-0.05, 0) is 56.9 Å². The monoisotopic (exact) mass is 310 g/mol. The largest absolute Gasteiger partial charge is 0.341 e. The number of nitrogens with zero attached hydrogens (tertiary/aromatic N) is 3. The van der Waals surface area contributed by atoms with Gasteiger partial charge in [-0.3, -0.25) is 0 Å². The standard InChI is InChI=1S/C19H26N4/c1-14-10-15(2)12-17(11-14)21-18-13-16(3)20-19(22-18)23-8-6-4-5-7-9-23/h10-13H,4-9H2,1-3H3,(H,20,21,22). The molecule has 1 saturated heterocycles. The van der Waals surface area contributed by atoms with Gasteiger partial charge in [0.1, 0.15) is 5.82 Å². The van der Waals surface area contributed by atoms with E-state index in [9.17, 15) is 0 Å². The molecule has 1 aromatic heterocycles. The minimum atomic E-state index is 0.860. The van der Waals surface area contributed by atoms with Crippen molar-refractivity contribution >= 4 is 17.5 Å². The highest BCUT2D eigenvalue weighted by Crippen LogP contribution is 2.22. The molecule has 1 N–H and O–H groups in total. The van der Waals surface area contributed by atoms with Crippen LogP contribution >= 0.6 is 0 Å². The van der Waals surface area contributed by atoms with Crippen molar-refractivity contribution < 1.29 is 0 Å². The SMILES string of the molecule is Cc1cc(C)cc(Nc2cc(C)nc(N3CCCCCC3)n2)c1. The lowest BCUT2D eigenvalue weighted by Gasteiger charge is -2.21. The summed E-state index contributed by atoms with van der Waals surface area (Å²) in [5.74, 6) is 1.74. The van der Waals surface area contributed by atoms with Gasteiger partial charge in [0.15, 0.2) is 0 Å². The summed E-state index contributed by atoms with van der Waals surface area (Å²) in [4.78, 5) is 11.7. The molecule has 1 aromatic carbocycles. The molecule has 1 aliphatic rings. The first-order valence-electron chi connectivity index (χ1n) is 8.56. The molecule has 1 fully saturated rings. The maximum Gasteiger partial charge on any atom is 0.227 e. The average molecular weight is 310 g/mol. The number of hydrogen-bond acceptors (Lipinski definition) is 4. The highest BCUT2D eigenvalue weighted by Gasteiger charge is 2.14. The van der Waals surface area contributed by atoms with Gasteiger partial charge >= 0.3 is 0 Å². The second-order valence-corrected chi connectivity index (χ2v) is 6.60. The van der Waals surface area contributed by atoms with Crippen LogP contribution in [0.25, 0.3) is 0 Å². The fourth-order valence-electron chi connectivity index (χ4n) is 3.22. The van der Waals surface area contributed by atoms with Crippen LogP contribution in [0.2, 0.25) is 0 Å². The lowest BCUT2D eigenvalue weighted by Crippen LogP contribution is -2.26. The minimum Gasteiger partial charge on any atom is -0.341 e. The van der Waals surface area contributed by atoms with Crippen molar-refractivity contribution in [3.63, 3.8) is 0 Å². The van der Waals surface area contributed by atoms with E-state index in [0.717, 1.165) is 36.2 Å². The maximum atomic E-state index is 4.76. The molecule has 122 valence electrons. The highest BCUT2D eigenvalue weighted by molar-refractivity contribution is 5.59. The molecule has 0 radical (unpaired) electrons. The molecule has 2 aromatic rings. The van der Waals surface area contributed by atoms with Crippen molar-refractivity contribution in [2.75, 3.05) is 23.3 Å². The summed E-state index contributed by atoms with van der Waals surface area (Å²) < 4.78 is 0. The van der Waals surface area contributed by atoms with Crippen LogP contribution in [0.5, 0.6) is 0 Å². The van der Waals surface area contributed by atoms with Crippen LogP contribution in [0.15, 0.2) is 24.3 Å². The van der Waals surface area contributed by atoms with Crippen molar-refractivity contribution in [1.29, 1.82) is 0 Å². The summed E-state index contributed by atoms with van der Waals surface area (Å²) in [6.45, 7) is 8.40. The van der Waals surface area contributed by atoms with Crippen molar-refractivity contribution in [1.82, 2.24) is 9.97 Å². The molecule has 1 aliphatic heterocycles. The predicted octanol–water partition coefficient (Wildman–Crippen LogP) is 4.53. The van der Waals surface area contributed by atoms with Gasteiger partial charge in [0, 0.05) is 30.5 Å². The Labute approximate surface area is 139 Å². The summed E-state index contributed by atoms with van der Waals surface area (Å²) in [7, 11) is 0. The fourth-order valence-corrected chi connectivity index (χ4v) is 3.22. The maximum absolute atomic E-state index is 4.76. The molecule has 0 atom stereocenters. The first-order chi connectivity index (χ1) is 11.1. The van der Waals surface area contributed by atoms with E-state index in [-0.39, 0.29) is 0 Å². The summed E-state index contributed by atoms with van der Waals surface area (Å²) >= 11 is 0. The van der Waals surface area contributed by atoms with Crippen LogP contribution in [0, 0.1) is 20.8 Å². The first-order valence-corrected chi connectivity index (χ1v) is 8.56. The van der Waals surface area contributed by atoms with Crippen LogP contribution in [0.1, 0.15) is 42.5 Å². The predicted molar refractivity (Wildman–Crippen MR) is 96.6 cm³/mol. The van der Waals surface area contributed by atoms with E-state index in [4.69, 9.17) is 4.98 Å². The van der Waals surface area contributed by atoms with Crippen molar-refractivity contribution in [3.8, 4) is 0 Å². The normalized spacial score (nSPS) is 15.3. The van der Waals surface area contributed by atoms with Crippen LogP contribution in [-0.2, 0) is 0 Å². The highest BCUT2D eigenvalue weighted by atomic mass is 15.3. The third-order valence-corrected chi connectivity index (χ3v) is 4.23. The average Bonchev–Trinajstić information content (AvgIpc) is 2.74. The fraction of sp³-hybridized carbons (Fsp3) is 0.474. The van der Waals surface area contributed by atoms with Gasteiger partial charge in [0.25, 0.3) is 0 Å². The number of aryl methyl sites for hydroxylation is 3. The Hall–Kier alpha value is -2.10. The molecule has 3 rings (SSSR count). The molecule has 0 aliphatic carbocycles. The molecule has 2 heterocycles. The third kappa shape index (κ3) is 4.21. The van der Waals surface area contributed by atoms with Crippen LogP contribution < -0.4 is 10.2 Å². The van der Waals surface area contributed by atoms with Gasteiger partial charge < -0.3 is 10.2 Å². The lowest BCUT2D eigenvalue weighted by atomic mass is 10.1. The number of aromatic nitrogens is 2. The molecular weight excluding hydrogens is 284 g/mol. The molecule has 4 nitrogen and oxygen atoms in total. The topological polar surface area (TPSA) is 41.1 Å². The molecule has 0 spiro atoms. The quantitative estimate of drug-likeness (QED) is 0.904. The van der Waals surface area contributed by atoms with E-state index in [1.165, 1.54) is 36.8 Å². The molecule has 0 saturated carbocycles. The van der Waals surface area contributed by atoms with E-state index < -0.39 is 0 Å². The van der Waals surface area contributed by atoms with Gasteiger partial charge in [-0.15, -0.1) is 0 Å². The number of rotatable bonds is 3. The number of hydrogen-bond donors (Lipinski definition) is 1. The lowest BCUT2D eigenvalue weighted by molar-refractivity contribution is 0.726. The number of benzene rings is 1. The molecule has 4 heteroatoms. The van der Waals surface area contributed by atoms with Gasteiger partial charge in [0.05, 0.1) is 0 Å². The third-order valence-electron chi connectivity index (χ3n) is 4.23. The summed E-state index contributed by atoms with van der Waals surface area (Å²) in [5, 5.41) is 3.44. The smallest absolute Gasteiger partial charge is 0.227 e. The Morgan fingerprint density at radius 3 is 2.13 bits per heavy atom. The van der Waals surface area contributed by atoms with Gasteiger partial charge in [-0.1, -0.05) is 18.9 Å². The zero-order valence-electron chi connectivity index (χ0n) is 14.4. The van der Waals surface area contributed by atoms with Crippen LogP contribution in [0.3, 0.4) is 0 Å². The zero-order valence-corrected chi connectivity index (χ0v) is 14.4. The van der Waals surface area contributed by atoms with E-state index in [0.29, 0.717) is 0 Å². The van der Waals surface area contributed by atoms with Crippen molar-refractivity contribution in [2.45, 2.75) is 46.5 Å². The summed E-state index contributed by atoms with van der Waals surface area (Å²) in [6.07, 6.45) is 5.10. The van der Waals surface area contributed by atoms with E-state index >= 15 is 0 Å². The summed E-state index contributed by atoms with van der Waals surface area (Å²) in [6, 6.07) is 8.49. The minimum absolute atomic E-state index is 0.860. The number of anilines is 3. The zero-order chi connectivity index (χ0) is 16.2. The second-order valence-electron chi connectivity index (χ2n) is 6.60. The van der Waals surface area contributed by atoms with Crippen LogP contribution in [0.4, 0.5) is 17.5 Å². The van der Waals surface area contributed by atoms with Gasteiger partial charge in [-0.25, -0.2) is 4.98 Å². The van der Waals surface area contributed by atoms with E-state index in [1.54, 1.807) is 0 Å². The van der Waals surface area contributed by atoms with E-state index in [2.05, 4.69) is 47.2 Å². The van der Waals surface area contributed by atoms with Crippen molar-refractivity contribution in [2.24, 2.45) is 0 Å². The molecule has 23 heavy (non-hydrogen) atoms. The second kappa shape index (κ2) is 6.99. The van der Waals surface area contributed by atoms with Gasteiger partial charge in [0.2, 0.25) is 5.95 Å². The van der Waals surface area contributed by atoms with Crippen molar-refractivity contribution in [3.05, 3.63) is 41.1 Å². The summed E-state index contributed by atoms with van der Waals surface area (Å²) in [5.41, 5.74) is 4.60. The Morgan fingerprint density at radius 2 is 1.48 bits per heavy atom. The number of nitrogens with one attached hydrogen (secondary N) is 1. The Balaban J connectivity index is 1.84. The molecule has 0 unspecified atom stereocenters. The van der Waals surface area contributed by atoms with Gasteiger partial charge in [-0.2, -0.15) is 4.98 Å². The first kappa shape index (κ1) is 15.8. The molecular formula is C19H26N4.